The summed E-state index contributed by atoms with van der Waals surface area (Å²) in [4.78, 5) is 14.6. The van der Waals surface area contributed by atoms with Crippen molar-refractivity contribution in [1.29, 1.82) is 0 Å². The van der Waals surface area contributed by atoms with Crippen molar-refractivity contribution in [3.63, 3.8) is 0 Å². The number of hydrogen-bond donors (Lipinski definition) is 1. The number of anilines is 2. The van der Waals surface area contributed by atoms with E-state index in [1.165, 1.54) is 11.3 Å². The largest absolute Gasteiger partial charge is 0.368 e. The van der Waals surface area contributed by atoms with Crippen LogP contribution in [-0.2, 0) is 11.2 Å². The Morgan fingerprint density at radius 1 is 1.22 bits per heavy atom. The molecule has 0 fully saturated rings. The highest BCUT2D eigenvalue weighted by atomic mass is 35.5. The van der Waals surface area contributed by atoms with Gasteiger partial charge in [-0.1, -0.05) is 41.9 Å². The highest BCUT2D eigenvalue weighted by Gasteiger charge is 2.22. The number of amides is 1. The number of nitrogens with zero attached hydrogens (tertiary/aromatic N) is 1. The van der Waals surface area contributed by atoms with E-state index in [1.807, 2.05) is 18.2 Å². The van der Waals surface area contributed by atoms with Crippen LogP contribution in [0.2, 0.25) is 5.02 Å². The van der Waals surface area contributed by atoms with E-state index in [4.69, 9.17) is 11.6 Å². The van der Waals surface area contributed by atoms with Crippen LogP contribution in [0, 0.1) is 0 Å². The van der Waals surface area contributed by atoms with Gasteiger partial charge in [0.2, 0.25) is 5.91 Å². The summed E-state index contributed by atoms with van der Waals surface area (Å²) in [5, 5.41) is 3.46. The van der Waals surface area contributed by atoms with E-state index in [1.54, 1.807) is 6.07 Å². The van der Waals surface area contributed by atoms with E-state index < -0.39 is 0 Å². The third kappa shape index (κ3) is 3.67. The average Bonchev–Trinajstić information content (AvgIpc) is 2.56. The molecule has 23 heavy (non-hydrogen) atoms. The second kappa shape index (κ2) is 7.05. The summed E-state index contributed by atoms with van der Waals surface area (Å²) in [6, 6.07) is 16.2. The van der Waals surface area contributed by atoms with Crippen LogP contribution >= 0.6 is 11.6 Å². The minimum atomic E-state index is -0.00615. The number of para-hydroxylation sites is 2. The van der Waals surface area contributed by atoms with Crippen LogP contribution in [0.25, 0.3) is 0 Å². The molecule has 3 rings (SSSR count). The molecule has 0 radical (unpaired) electrons. The fraction of sp³-hybridized carbons (Fsp3) is 0.316. The van der Waals surface area contributed by atoms with Crippen LogP contribution in [0.15, 0.2) is 48.5 Å². The monoisotopic (exact) mass is 328 g/mol. The first-order chi connectivity index (χ1) is 11.1. The van der Waals surface area contributed by atoms with Gasteiger partial charge in [-0.3, -0.25) is 4.79 Å². The quantitative estimate of drug-likeness (QED) is 0.895. The molecule has 0 saturated carbocycles. The molecule has 0 saturated heterocycles. The minimum absolute atomic E-state index is 0.00615. The molecule has 1 amide bonds. The highest BCUT2D eigenvalue weighted by Crippen LogP contribution is 2.30. The van der Waals surface area contributed by atoms with E-state index in [0.29, 0.717) is 29.7 Å². The van der Waals surface area contributed by atoms with Crippen molar-refractivity contribution in [2.45, 2.75) is 32.2 Å². The first-order valence-electron chi connectivity index (χ1n) is 8.04. The van der Waals surface area contributed by atoms with Gasteiger partial charge in [0.1, 0.15) is 0 Å². The lowest BCUT2D eigenvalue weighted by molar-refractivity contribution is -0.116. The van der Waals surface area contributed by atoms with Gasteiger partial charge in [0.15, 0.2) is 0 Å². The van der Waals surface area contributed by atoms with E-state index in [0.717, 1.165) is 12.8 Å². The fourth-order valence-electron chi connectivity index (χ4n) is 3.10. The zero-order valence-electron chi connectivity index (χ0n) is 13.3. The number of benzene rings is 2. The molecule has 1 atom stereocenters. The molecule has 2 aromatic rings. The molecular formula is C19H21ClN2O. The van der Waals surface area contributed by atoms with Gasteiger partial charge in [-0.2, -0.15) is 0 Å². The third-order valence-electron chi connectivity index (χ3n) is 4.39. The van der Waals surface area contributed by atoms with E-state index in [2.05, 4.69) is 41.4 Å². The van der Waals surface area contributed by atoms with Crippen molar-refractivity contribution < 1.29 is 4.79 Å². The number of carbonyl (C=O) groups is 1. The van der Waals surface area contributed by atoms with Gasteiger partial charge in [0.25, 0.3) is 0 Å². The third-order valence-corrected chi connectivity index (χ3v) is 4.72. The van der Waals surface area contributed by atoms with Gasteiger partial charge in [0.05, 0.1) is 10.7 Å². The molecule has 0 aromatic heterocycles. The lowest BCUT2D eigenvalue weighted by Gasteiger charge is -2.37. The summed E-state index contributed by atoms with van der Waals surface area (Å²) in [6.45, 7) is 2.94. The number of nitrogens with one attached hydrogen (secondary N) is 1. The maximum Gasteiger partial charge on any atom is 0.226 e. The number of halogens is 1. The molecular weight excluding hydrogens is 308 g/mol. The van der Waals surface area contributed by atoms with Crippen molar-refractivity contribution in [3.05, 3.63) is 59.1 Å². The molecule has 4 heteroatoms. The topological polar surface area (TPSA) is 32.3 Å². The minimum Gasteiger partial charge on any atom is -0.368 e. The summed E-state index contributed by atoms with van der Waals surface area (Å²) >= 11 is 6.08. The van der Waals surface area contributed by atoms with Crippen LogP contribution in [-0.4, -0.2) is 18.5 Å². The Morgan fingerprint density at radius 2 is 1.96 bits per heavy atom. The SMILES string of the molecule is CC1CCc2ccccc2N1CCC(=O)Nc1ccccc1Cl. The van der Waals surface area contributed by atoms with Crippen LogP contribution in [0.1, 0.15) is 25.3 Å². The molecule has 1 unspecified atom stereocenters. The maximum atomic E-state index is 12.2. The molecule has 1 aliphatic heterocycles. The van der Waals surface area contributed by atoms with Gasteiger partial charge in [-0.15, -0.1) is 0 Å². The van der Waals surface area contributed by atoms with Crippen molar-refractivity contribution in [2.24, 2.45) is 0 Å². The number of carbonyl (C=O) groups excluding carboxylic acids is 1. The Morgan fingerprint density at radius 3 is 2.78 bits per heavy atom. The summed E-state index contributed by atoms with van der Waals surface area (Å²) in [7, 11) is 0. The summed E-state index contributed by atoms with van der Waals surface area (Å²) < 4.78 is 0. The van der Waals surface area contributed by atoms with E-state index in [-0.39, 0.29) is 5.91 Å². The lowest BCUT2D eigenvalue weighted by atomic mass is 9.96. The smallest absolute Gasteiger partial charge is 0.226 e. The van der Waals surface area contributed by atoms with Gasteiger partial charge >= 0.3 is 0 Å². The van der Waals surface area contributed by atoms with Crippen molar-refractivity contribution in [2.75, 3.05) is 16.8 Å². The molecule has 3 nitrogen and oxygen atoms in total. The Labute approximate surface area is 142 Å². The number of rotatable bonds is 4. The normalized spacial score (nSPS) is 16.8. The summed E-state index contributed by atoms with van der Waals surface area (Å²) in [5.41, 5.74) is 3.31. The molecule has 0 aliphatic carbocycles. The van der Waals surface area contributed by atoms with Crippen molar-refractivity contribution in [3.8, 4) is 0 Å². The first-order valence-corrected chi connectivity index (χ1v) is 8.42. The fourth-order valence-corrected chi connectivity index (χ4v) is 3.28. The molecule has 1 heterocycles. The molecule has 2 aromatic carbocycles. The second-order valence-corrected chi connectivity index (χ2v) is 6.40. The van der Waals surface area contributed by atoms with Crippen LogP contribution in [0.3, 0.4) is 0 Å². The van der Waals surface area contributed by atoms with Crippen molar-refractivity contribution in [1.82, 2.24) is 0 Å². The first kappa shape index (κ1) is 15.9. The number of aryl methyl sites for hydroxylation is 1. The molecule has 120 valence electrons. The maximum absolute atomic E-state index is 12.2. The molecule has 0 spiro atoms. The molecule has 1 N–H and O–H groups in total. The Kier molecular flexibility index (Phi) is 4.87. The summed E-state index contributed by atoms with van der Waals surface area (Å²) in [6.07, 6.45) is 2.69. The lowest BCUT2D eigenvalue weighted by Crippen LogP contribution is -2.39. The van der Waals surface area contributed by atoms with Crippen LogP contribution in [0.5, 0.6) is 0 Å². The summed E-state index contributed by atoms with van der Waals surface area (Å²) in [5.74, 6) is -0.00615. The van der Waals surface area contributed by atoms with Gasteiger partial charge in [-0.05, 0) is 43.5 Å². The van der Waals surface area contributed by atoms with Gasteiger partial charge in [-0.25, -0.2) is 0 Å². The molecule has 1 aliphatic rings. The average molecular weight is 329 g/mol. The number of hydrogen-bond acceptors (Lipinski definition) is 2. The molecule has 0 bridgehead atoms. The zero-order valence-corrected chi connectivity index (χ0v) is 14.0. The van der Waals surface area contributed by atoms with Crippen LogP contribution in [0.4, 0.5) is 11.4 Å². The van der Waals surface area contributed by atoms with E-state index in [9.17, 15) is 4.79 Å². The predicted octanol–water partition coefficient (Wildman–Crippen LogP) is 4.51. The second-order valence-electron chi connectivity index (χ2n) is 5.99. The Balaban J connectivity index is 1.64. The Bertz CT molecular complexity index is 701. The van der Waals surface area contributed by atoms with Crippen LogP contribution < -0.4 is 10.2 Å². The Hall–Kier alpha value is -2.00. The zero-order chi connectivity index (χ0) is 16.2. The van der Waals surface area contributed by atoms with Crippen molar-refractivity contribution >= 4 is 28.9 Å². The number of fused-ring (bicyclic) bond motifs is 1. The van der Waals surface area contributed by atoms with Gasteiger partial charge in [0, 0.05) is 24.7 Å². The predicted molar refractivity (Wildman–Crippen MR) is 96.3 cm³/mol. The van der Waals surface area contributed by atoms with Gasteiger partial charge < -0.3 is 10.2 Å². The highest BCUT2D eigenvalue weighted by molar-refractivity contribution is 6.33. The van der Waals surface area contributed by atoms with E-state index >= 15 is 0 Å². The standard InChI is InChI=1S/C19H21ClN2O/c1-14-10-11-15-6-2-5-9-18(15)22(14)13-12-19(23)21-17-8-4-3-7-16(17)20/h2-9,14H,10-13H2,1H3,(H,21,23).